The van der Waals surface area contributed by atoms with Crippen LogP contribution in [0, 0.1) is 11.3 Å². The fourth-order valence-electron chi connectivity index (χ4n) is 3.06. The highest BCUT2D eigenvalue weighted by atomic mass is 32.2. The molecule has 0 saturated heterocycles. The maximum atomic E-state index is 11.6. The summed E-state index contributed by atoms with van der Waals surface area (Å²) in [6, 6.07) is 13.6. The highest BCUT2D eigenvalue weighted by Gasteiger charge is 2.16. The van der Waals surface area contributed by atoms with Crippen molar-refractivity contribution in [3.8, 4) is 6.07 Å². The Morgan fingerprint density at radius 1 is 1.08 bits per heavy atom. The van der Waals surface area contributed by atoms with Gasteiger partial charge in [0.15, 0.2) is 4.91 Å². The Kier molecular flexibility index (Phi) is 6.41. The molecule has 138 valence electrons. The van der Waals surface area contributed by atoms with Crippen LogP contribution in [0.3, 0.4) is 0 Å². The monoisotopic (exact) mass is 371 g/mol. The van der Waals surface area contributed by atoms with Crippen LogP contribution in [0.1, 0.15) is 39.2 Å². The van der Waals surface area contributed by atoms with Crippen LogP contribution in [-0.4, -0.2) is 21.5 Å². The first-order valence-corrected chi connectivity index (χ1v) is 10.3. The molecule has 0 aliphatic rings. The van der Waals surface area contributed by atoms with Crippen LogP contribution in [-0.2, 0) is 10.0 Å². The molecule has 0 atom stereocenters. The highest BCUT2D eigenvalue weighted by Crippen LogP contribution is 2.27. The fraction of sp³-hybridized carbons (Fsp3) is 0.350. The second-order valence-electron chi connectivity index (χ2n) is 6.34. The average Bonchev–Trinajstić information content (AvgIpc) is 2.60. The average molecular weight is 372 g/mol. The molecule has 0 saturated carbocycles. The summed E-state index contributed by atoms with van der Waals surface area (Å²) < 4.78 is 23.2. The molecular formula is C20H25N3O2S. The summed E-state index contributed by atoms with van der Waals surface area (Å²) in [4.78, 5) is 1.97. The maximum Gasteiger partial charge on any atom is 0.248 e. The summed E-state index contributed by atoms with van der Waals surface area (Å²) >= 11 is 0. The van der Waals surface area contributed by atoms with Crippen molar-refractivity contribution in [3.63, 3.8) is 0 Å². The first-order chi connectivity index (χ1) is 12.3. The van der Waals surface area contributed by atoms with E-state index in [1.165, 1.54) is 5.69 Å². The van der Waals surface area contributed by atoms with Gasteiger partial charge in [0.25, 0.3) is 0 Å². The molecule has 0 fully saturated rings. The molecular weight excluding hydrogens is 346 g/mol. The molecule has 0 amide bonds. The molecule has 0 spiro atoms. The second-order valence-corrected chi connectivity index (χ2v) is 7.84. The van der Waals surface area contributed by atoms with Crippen LogP contribution in [0.5, 0.6) is 0 Å². The zero-order chi connectivity index (χ0) is 19.3. The van der Waals surface area contributed by atoms with Crippen molar-refractivity contribution >= 4 is 32.1 Å². The third-order valence-corrected chi connectivity index (χ3v) is 5.30. The van der Waals surface area contributed by atoms with Gasteiger partial charge in [-0.3, -0.25) is 0 Å². The minimum Gasteiger partial charge on any atom is -0.372 e. The van der Waals surface area contributed by atoms with Gasteiger partial charge in [0, 0.05) is 18.8 Å². The van der Waals surface area contributed by atoms with E-state index in [0.29, 0.717) is 11.1 Å². The minimum atomic E-state index is -4.03. The number of anilines is 1. The lowest BCUT2D eigenvalue weighted by Crippen LogP contribution is -2.24. The molecule has 0 aliphatic heterocycles. The normalized spacial score (nSPS) is 12.6. The first-order valence-electron chi connectivity index (χ1n) is 8.74. The van der Waals surface area contributed by atoms with Gasteiger partial charge in [-0.15, -0.1) is 0 Å². The third-order valence-electron chi connectivity index (χ3n) is 4.34. The number of fused-ring (bicyclic) bond motifs is 1. The highest BCUT2D eigenvalue weighted by molar-refractivity contribution is 7.93. The summed E-state index contributed by atoms with van der Waals surface area (Å²) in [6.45, 7) is 7.97. The number of rotatable bonds is 7. The molecule has 0 radical (unpaired) electrons. The van der Waals surface area contributed by atoms with Crippen molar-refractivity contribution in [3.05, 3.63) is 46.9 Å². The van der Waals surface area contributed by atoms with Gasteiger partial charge in [-0.1, -0.05) is 32.0 Å². The van der Waals surface area contributed by atoms with Crippen LogP contribution in [0.2, 0.25) is 0 Å². The number of benzene rings is 2. The number of primary sulfonamides is 1. The Bertz CT molecular complexity index is 966. The molecule has 0 heterocycles. The number of nitrogens with two attached hydrogens (primary N) is 1. The lowest BCUT2D eigenvalue weighted by molar-refractivity contribution is 0.605. The van der Waals surface area contributed by atoms with Gasteiger partial charge in [0.1, 0.15) is 6.07 Å². The van der Waals surface area contributed by atoms with E-state index in [9.17, 15) is 8.42 Å². The Labute approximate surface area is 155 Å². The number of nitriles is 1. The van der Waals surface area contributed by atoms with Crippen LogP contribution >= 0.6 is 0 Å². The molecule has 2 N–H and O–H groups in total. The quantitative estimate of drug-likeness (QED) is 0.745. The predicted octanol–water partition coefficient (Wildman–Crippen LogP) is 4.01. The number of nitrogens with zero attached hydrogens (tertiary/aromatic N) is 2. The van der Waals surface area contributed by atoms with Crippen molar-refractivity contribution in [1.29, 1.82) is 5.26 Å². The molecule has 2 aromatic rings. The van der Waals surface area contributed by atoms with Crippen molar-refractivity contribution in [2.24, 2.45) is 5.14 Å². The Morgan fingerprint density at radius 3 is 2.19 bits per heavy atom. The van der Waals surface area contributed by atoms with Crippen molar-refractivity contribution < 1.29 is 8.42 Å². The van der Waals surface area contributed by atoms with E-state index >= 15 is 0 Å². The van der Waals surface area contributed by atoms with E-state index in [1.54, 1.807) is 13.0 Å². The molecule has 0 unspecified atom stereocenters. The van der Waals surface area contributed by atoms with Crippen molar-refractivity contribution in [1.82, 2.24) is 0 Å². The van der Waals surface area contributed by atoms with Gasteiger partial charge >= 0.3 is 0 Å². The number of sulfonamides is 1. The summed E-state index contributed by atoms with van der Waals surface area (Å²) in [5, 5.41) is 16.3. The molecule has 0 aromatic heterocycles. The lowest BCUT2D eigenvalue weighted by atomic mass is 10.0. The fourth-order valence-corrected chi connectivity index (χ4v) is 3.74. The number of hydrogen-bond donors (Lipinski definition) is 1. The molecule has 5 nitrogen and oxygen atoms in total. The molecule has 0 bridgehead atoms. The van der Waals surface area contributed by atoms with Gasteiger partial charge in [-0.25, -0.2) is 13.6 Å². The summed E-state index contributed by atoms with van der Waals surface area (Å²) in [5.74, 6) is 0. The maximum absolute atomic E-state index is 11.6. The smallest absolute Gasteiger partial charge is 0.248 e. The largest absolute Gasteiger partial charge is 0.372 e. The van der Waals surface area contributed by atoms with E-state index in [4.69, 9.17) is 10.4 Å². The molecule has 2 aromatic carbocycles. The van der Waals surface area contributed by atoms with Crippen LogP contribution in [0.4, 0.5) is 5.69 Å². The van der Waals surface area contributed by atoms with E-state index < -0.39 is 14.9 Å². The third kappa shape index (κ3) is 4.43. The Balaban J connectivity index is 2.50. The van der Waals surface area contributed by atoms with Crippen LogP contribution < -0.4 is 10.0 Å². The number of allylic oxidation sites excluding steroid dienone is 2. The van der Waals surface area contributed by atoms with E-state index in [1.807, 2.05) is 24.3 Å². The summed E-state index contributed by atoms with van der Waals surface area (Å²) in [7, 11) is -4.03. The predicted molar refractivity (Wildman–Crippen MR) is 108 cm³/mol. The zero-order valence-corrected chi connectivity index (χ0v) is 16.3. The number of hydrogen-bond acceptors (Lipinski definition) is 4. The summed E-state index contributed by atoms with van der Waals surface area (Å²) in [6.07, 6.45) is 2.18. The zero-order valence-electron chi connectivity index (χ0n) is 15.5. The Morgan fingerprint density at radius 2 is 1.65 bits per heavy atom. The molecule has 2 rings (SSSR count). The van der Waals surface area contributed by atoms with Gasteiger partial charge < -0.3 is 4.90 Å². The molecule has 6 heteroatoms. The van der Waals surface area contributed by atoms with Crippen LogP contribution in [0.15, 0.2) is 41.3 Å². The molecule has 0 aliphatic carbocycles. The van der Waals surface area contributed by atoms with Gasteiger partial charge in [0.2, 0.25) is 10.0 Å². The topological polar surface area (TPSA) is 87.2 Å². The van der Waals surface area contributed by atoms with Crippen molar-refractivity contribution in [2.75, 3.05) is 18.0 Å². The summed E-state index contributed by atoms with van der Waals surface area (Å²) in [5.41, 5.74) is 2.22. The van der Waals surface area contributed by atoms with E-state index in [0.717, 1.165) is 36.7 Å². The van der Waals surface area contributed by atoms with Crippen LogP contribution in [0.25, 0.3) is 16.3 Å². The van der Waals surface area contributed by atoms with Gasteiger partial charge in [-0.05, 0) is 59.9 Å². The van der Waals surface area contributed by atoms with Gasteiger partial charge in [-0.2, -0.15) is 5.26 Å². The standard InChI is InChI=1S/C20H25N3O2S/c1-4-10-23(11-5-2)19-9-8-17-12-16(6-7-18(17)13-19)15(3)20(14-21)26(22,24)25/h6-9,12-13H,4-5,10-11H2,1-3H3,(H2,22,24,25)/b20-15+. The SMILES string of the molecule is CCCN(CCC)c1ccc2cc(/C(C)=C(\C#N)S(N)(=O)=O)ccc2c1. The van der Waals surface area contributed by atoms with Gasteiger partial charge in [0.05, 0.1) is 0 Å². The first kappa shape index (κ1) is 20.0. The Hall–Kier alpha value is -2.36. The second kappa shape index (κ2) is 8.35. The van der Waals surface area contributed by atoms with E-state index in [2.05, 4.69) is 30.9 Å². The van der Waals surface area contributed by atoms with Crippen molar-refractivity contribution in [2.45, 2.75) is 33.6 Å². The lowest BCUT2D eigenvalue weighted by Gasteiger charge is -2.24. The van der Waals surface area contributed by atoms with E-state index in [-0.39, 0.29) is 0 Å². The minimum absolute atomic E-state index is 0.361. The molecule has 26 heavy (non-hydrogen) atoms.